The Bertz CT molecular complexity index is 564. The Kier molecular flexibility index (Phi) is 4.73. The Labute approximate surface area is 119 Å². The van der Waals surface area contributed by atoms with Crippen molar-refractivity contribution in [3.8, 4) is 0 Å². The van der Waals surface area contributed by atoms with E-state index in [1.54, 1.807) is 0 Å². The standard InChI is InChI=1S/C12H9F6NO3/c1-19(10(22)12(16,17)18)8(9(20)21)6-2-4-7(5-3-6)11(13,14)15/h2-5,8H,1H3,(H,20,21). The molecule has 22 heavy (non-hydrogen) atoms. The molecule has 0 fully saturated rings. The monoisotopic (exact) mass is 329 g/mol. The van der Waals surface area contributed by atoms with E-state index in [1.165, 1.54) is 0 Å². The number of carbonyl (C=O) groups excluding carboxylic acids is 1. The third kappa shape index (κ3) is 3.89. The van der Waals surface area contributed by atoms with Gasteiger partial charge in [0.05, 0.1) is 5.56 Å². The Morgan fingerprint density at radius 3 is 1.82 bits per heavy atom. The first-order valence-electron chi connectivity index (χ1n) is 5.59. The van der Waals surface area contributed by atoms with Gasteiger partial charge in [0, 0.05) is 7.05 Å². The number of hydrogen-bond donors (Lipinski definition) is 1. The second-order valence-corrected chi connectivity index (χ2v) is 4.27. The van der Waals surface area contributed by atoms with Crippen LogP contribution < -0.4 is 0 Å². The third-order valence-electron chi connectivity index (χ3n) is 2.74. The summed E-state index contributed by atoms with van der Waals surface area (Å²) in [5.41, 5.74) is -1.48. The largest absolute Gasteiger partial charge is 0.479 e. The molecule has 1 atom stereocenters. The minimum absolute atomic E-state index is 0.0923. The van der Waals surface area contributed by atoms with E-state index in [4.69, 9.17) is 5.11 Å². The van der Waals surface area contributed by atoms with Crippen LogP contribution in [0.5, 0.6) is 0 Å². The number of carbonyl (C=O) groups is 2. The van der Waals surface area contributed by atoms with Crippen molar-refractivity contribution in [1.29, 1.82) is 0 Å². The number of carboxylic acid groups (broad SMARTS) is 1. The maximum atomic E-state index is 12.4. The highest BCUT2D eigenvalue weighted by Crippen LogP contribution is 2.31. The van der Waals surface area contributed by atoms with Crippen molar-refractivity contribution in [3.63, 3.8) is 0 Å². The quantitative estimate of drug-likeness (QED) is 0.868. The van der Waals surface area contributed by atoms with E-state index in [1.807, 2.05) is 0 Å². The molecule has 1 N–H and O–H groups in total. The van der Waals surface area contributed by atoms with Gasteiger partial charge in [-0.05, 0) is 17.7 Å². The van der Waals surface area contributed by atoms with Crippen molar-refractivity contribution in [3.05, 3.63) is 35.4 Å². The van der Waals surface area contributed by atoms with Crippen LogP contribution in [-0.2, 0) is 15.8 Å². The summed E-state index contributed by atoms with van der Waals surface area (Å²) in [4.78, 5) is 22.0. The fourth-order valence-electron chi connectivity index (χ4n) is 1.70. The predicted octanol–water partition coefficient (Wildman–Crippen LogP) is 2.85. The summed E-state index contributed by atoms with van der Waals surface area (Å²) in [7, 11) is 0.603. The smallest absolute Gasteiger partial charge is 0.471 e. The molecule has 4 nitrogen and oxygen atoms in total. The molecule has 0 bridgehead atoms. The molecule has 0 heterocycles. The van der Waals surface area contributed by atoms with Crippen LogP contribution in [0.25, 0.3) is 0 Å². The van der Waals surface area contributed by atoms with Gasteiger partial charge in [0.25, 0.3) is 0 Å². The highest BCUT2D eigenvalue weighted by atomic mass is 19.4. The minimum atomic E-state index is -5.30. The summed E-state index contributed by atoms with van der Waals surface area (Å²) in [6.45, 7) is 0. The Hall–Kier alpha value is -2.26. The lowest BCUT2D eigenvalue weighted by Crippen LogP contribution is -2.43. The van der Waals surface area contributed by atoms with E-state index in [2.05, 4.69) is 0 Å². The molecule has 1 amide bonds. The molecule has 0 spiro atoms. The first-order chi connectivity index (χ1) is 9.85. The summed E-state index contributed by atoms with van der Waals surface area (Å²) < 4.78 is 74.2. The van der Waals surface area contributed by atoms with Gasteiger partial charge in [0.15, 0.2) is 6.04 Å². The third-order valence-corrected chi connectivity index (χ3v) is 2.74. The van der Waals surface area contributed by atoms with Crippen molar-refractivity contribution in [2.24, 2.45) is 0 Å². The molecule has 1 aromatic carbocycles. The molecule has 1 unspecified atom stereocenters. The topological polar surface area (TPSA) is 57.6 Å². The lowest BCUT2D eigenvalue weighted by atomic mass is 10.0. The fourth-order valence-corrected chi connectivity index (χ4v) is 1.70. The van der Waals surface area contributed by atoms with Gasteiger partial charge in [-0.15, -0.1) is 0 Å². The van der Waals surface area contributed by atoms with Crippen LogP contribution in [0.3, 0.4) is 0 Å². The van der Waals surface area contributed by atoms with Crippen molar-refractivity contribution in [2.45, 2.75) is 18.4 Å². The number of likely N-dealkylation sites (N-methyl/N-ethyl adjacent to an activating group) is 1. The van der Waals surface area contributed by atoms with Crippen molar-refractivity contribution >= 4 is 11.9 Å². The second kappa shape index (κ2) is 5.85. The number of alkyl halides is 6. The summed E-state index contributed by atoms with van der Waals surface area (Å²) in [6.07, 6.45) is -9.97. The van der Waals surface area contributed by atoms with Gasteiger partial charge in [-0.25, -0.2) is 4.79 Å². The zero-order valence-electron chi connectivity index (χ0n) is 10.9. The Morgan fingerprint density at radius 1 is 1.05 bits per heavy atom. The summed E-state index contributed by atoms with van der Waals surface area (Å²) in [5.74, 6) is -4.22. The van der Waals surface area contributed by atoms with Crippen LogP contribution in [0.4, 0.5) is 26.3 Å². The molecule has 0 aliphatic carbocycles. The van der Waals surface area contributed by atoms with E-state index < -0.39 is 35.8 Å². The van der Waals surface area contributed by atoms with Gasteiger partial charge in [-0.3, -0.25) is 4.79 Å². The Balaban J connectivity index is 3.17. The minimum Gasteiger partial charge on any atom is -0.479 e. The highest BCUT2D eigenvalue weighted by Gasteiger charge is 2.45. The average Bonchev–Trinajstić information content (AvgIpc) is 2.36. The van der Waals surface area contributed by atoms with Crippen LogP contribution in [0.2, 0.25) is 0 Å². The van der Waals surface area contributed by atoms with Crippen LogP contribution >= 0.6 is 0 Å². The molecule has 0 saturated carbocycles. The van der Waals surface area contributed by atoms with Gasteiger partial charge >= 0.3 is 24.2 Å². The zero-order chi connectivity index (χ0) is 17.3. The molecule has 0 radical (unpaired) electrons. The van der Waals surface area contributed by atoms with Crippen molar-refractivity contribution in [1.82, 2.24) is 4.90 Å². The Morgan fingerprint density at radius 2 is 1.50 bits per heavy atom. The number of hydrogen-bond acceptors (Lipinski definition) is 2. The summed E-state index contributed by atoms with van der Waals surface area (Å²) in [6, 6.07) is 0.411. The number of benzene rings is 1. The van der Waals surface area contributed by atoms with E-state index in [0.717, 1.165) is 0 Å². The molecule has 0 aromatic heterocycles. The second-order valence-electron chi connectivity index (χ2n) is 4.27. The SMILES string of the molecule is CN(C(=O)C(F)(F)F)C(C(=O)O)c1ccc(C(F)(F)F)cc1. The van der Waals surface area contributed by atoms with Gasteiger partial charge < -0.3 is 10.0 Å². The van der Waals surface area contributed by atoms with Gasteiger partial charge in [0.2, 0.25) is 0 Å². The van der Waals surface area contributed by atoms with Crippen LogP contribution in [0, 0.1) is 0 Å². The zero-order valence-corrected chi connectivity index (χ0v) is 10.9. The predicted molar refractivity (Wildman–Crippen MR) is 60.6 cm³/mol. The molecular formula is C12H9F6NO3. The van der Waals surface area contributed by atoms with Crippen LogP contribution in [-0.4, -0.2) is 35.1 Å². The van der Waals surface area contributed by atoms with E-state index in [-0.39, 0.29) is 10.5 Å². The van der Waals surface area contributed by atoms with Crippen LogP contribution in [0.1, 0.15) is 17.2 Å². The molecule has 1 aromatic rings. The van der Waals surface area contributed by atoms with Gasteiger partial charge in [-0.2, -0.15) is 26.3 Å². The lowest BCUT2D eigenvalue weighted by Gasteiger charge is -2.26. The molecule has 0 aliphatic rings. The normalized spacial score (nSPS) is 13.6. The van der Waals surface area contributed by atoms with Crippen molar-refractivity contribution in [2.75, 3.05) is 7.05 Å². The van der Waals surface area contributed by atoms with E-state index in [9.17, 15) is 35.9 Å². The molecule has 0 aliphatic heterocycles. The molecule has 1 rings (SSSR count). The van der Waals surface area contributed by atoms with Crippen molar-refractivity contribution < 1.29 is 41.0 Å². The van der Waals surface area contributed by atoms with E-state index >= 15 is 0 Å². The number of aliphatic carboxylic acids is 1. The number of amides is 1. The molecule has 122 valence electrons. The van der Waals surface area contributed by atoms with Gasteiger partial charge in [-0.1, -0.05) is 12.1 Å². The summed E-state index contributed by atoms with van der Waals surface area (Å²) >= 11 is 0. The lowest BCUT2D eigenvalue weighted by molar-refractivity contribution is -0.188. The maximum Gasteiger partial charge on any atom is 0.471 e. The maximum absolute atomic E-state index is 12.4. The van der Waals surface area contributed by atoms with E-state index in [0.29, 0.717) is 31.3 Å². The molecule has 10 heteroatoms. The summed E-state index contributed by atoms with van der Waals surface area (Å²) in [5, 5.41) is 8.96. The highest BCUT2D eigenvalue weighted by molar-refractivity contribution is 5.87. The number of halogens is 6. The van der Waals surface area contributed by atoms with Crippen LogP contribution in [0.15, 0.2) is 24.3 Å². The number of rotatable bonds is 3. The molecule has 0 saturated heterocycles. The average molecular weight is 329 g/mol. The fraction of sp³-hybridized carbons (Fsp3) is 0.333. The number of nitrogens with zero attached hydrogens (tertiary/aromatic N) is 1. The number of carboxylic acids is 1. The molecular weight excluding hydrogens is 320 g/mol. The first-order valence-corrected chi connectivity index (χ1v) is 5.59. The first kappa shape index (κ1) is 17.8. The van der Waals surface area contributed by atoms with Gasteiger partial charge in [0.1, 0.15) is 0 Å².